The van der Waals surface area contributed by atoms with Crippen LogP contribution in [-0.4, -0.2) is 66.8 Å². The zero-order valence-electron chi connectivity index (χ0n) is 24.7. The number of carboxylic acid groups (broad SMARTS) is 1. The van der Waals surface area contributed by atoms with Gasteiger partial charge in [-0.2, -0.15) is 8.42 Å². The average molecular weight is 611 g/mol. The molecule has 0 fully saturated rings. The number of carbonyl (C=O) groups excluding carboxylic acids is 1. The van der Waals surface area contributed by atoms with E-state index >= 15 is 0 Å². The molecule has 0 heterocycles. The highest BCUT2D eigenvalue weighted by Gasteiger charge is 2.42. The van der Waals surface area contributed by atoms with Gasteiger partial charge in [0.25, 0.3) is 16.5 Å². The van der Waals surface area contributed by atoms with Gasteiger partial charge in [0.15, 0.2) is 17.6 Å². The second-order valence-electron chi connectivity index (χ2n) is 13.8. The molecule has 0 radical (unpaired) electrons. The Balaban J connectivity index is 5.98. The van der Waals surface area contributed by atoms with Gasteiger partial charge in [-0.15, -0.1) is 0 Å². The van der Waals surface area contributed by atoms with Gasteiger partial charge >= 0.3 is 11.9 Å². The number of esters is 1. The summed E-state index contributed by atoms with van der Waals surface area (Å²) in [7, 11) is -5.06. The van der Waals surface area contributed by atoms with Gasteiger partial charge in [0.2, 0.25) is 0 Å². The standard InChI is InChI=1S/C27H47F5O7S/c1-16(12-25(2,3)4)17(14-39-24(35)19(11-20(33)34)40(36,37)38)9-10-27(8,15-26(5,6)7)13-18(28)21(29)22(30)23(31)32/h16-19,21-23H,9-15H2,1-8H3,(H,33,34)(H,36,37,38). The minimum Gasteiger partial charge on any atom is -0.481 e. The molecule has 0 saturated heterocycles. The van der Waals surface area contributed by atoms with Gasteiger partial charge < -0.3 is 9.84 Å². The predicted octanol–water partition coefficient (Wildman–Crippen LogP) is 6.84. The number of rotatable bonds is 17. The lowest BCUT2D eigenvalue weighted by molar-refractivity contribution is -0.149. The first-order valence-corrected chi connectivity index (χ1v) is 14.8. The van der Waals surface area contributed by atoms with Crippen molar-refractivity contribution in [3.8, 4) is 0 Å². The van der Waals surface area contributed by atoms with Crippen molar-refractivity contribution in [3.05, 3.63) is 0 Å². The lowest BCUT2D eigenvalue weighted by Gasteiger charge is -2.39. The van der Waals surface area contributed by atoms with Crippen LogP contribution in [0.25, 0.3) is 0 Å². The number of ether oxygens (including phenoxy) is 1. The summed E-state index contributed by atoms with van der Waals surface area (Å²) >= 11 is 0. The van der Waals surface area contributed by atoms with E-state index in [1.807, 2.05) is 48.5 Å². The fourth-order valence-corrected chi connectivity index (χ4v) is 6.08. The van der Waals surface area contributed by atoms with Crippen molar-refractivity contribution in [1.82, 2.24) is 0 Å². The Bertz CT molecular complexity index is 917. The van der Waals surface area contributed by atoms with Gasteiger partial charge in [-0.25, -0.2) is 22.0 Å². The fourth-order valence-electron chi connectivity index (χ4n) is 5.41. The molecule has 13 heteroatoms. The first-order chi connectivity index (χ1) is 17.8. The number of carbonyl (C=O) groups is 2. The highest BCUT2D eigenvalue weighted by Crippen LogP contribution is 2.44. The first kappa shape index (κ1) is 38.5. The third-order valence-corrected chi connectivity index (χ3v) is 7.89. The molecule has 0 bridgehead atoms. The Hall–Kier alpha value is -1.50. The molecule has 238 valence electrons. The van der Waals surface area contributed by atoms with E-state index in [1.165, 1.54) is 0 Å². The Morgan fingerprint density at radius 1 is 0.875 bits per heavy atom. The Kier molecular flexibility index (Phi) is 14.5. The van der Waals surface area contributed by atoms with Crippen molar-refractivity contribution in [2.45, 2.75) is 124 Å². The molecule has 0 aromatic rings. The van der Waals surface area contributed by atoms with Crippen LogP contribution in [0.1, 0.15) is 93.9 Å². The van der Waals surface area contributed by atoms with Crippen LogP contribution in [0.15, 0.2) is 0 Å². The summed E-state index contributed by atoms with van der Waals surface area (Å²) in [5.41, 5.74) is -1.53. The maximum absolute atomic E-state index is 14.8. The van der Waals surface area contributed by atoms with E-state index in [2.05, 4.69) is 0 Å². The number of halogens is 5. The quantitative estimate of drug-likeness (QED) is 0.105. The summed E-state index contributed by atoms with van der Waals surface area (Å²) in [4.78, 5) is 23.5. The summed E-state index contributed by atoms with van der Waals surface area (Å²) in [5, 5.41) is 6.61. The molecule has 2 N–H and O–H groups in total. The van der Waals surface area contributed by atoms with E-state index in [9.17, 15) is 44.5 Å². The van der Waals surface area contributed by atoms with Crippen LogP contribution in [0.5, 0.6) is 0 Å². The van der Waals surface area contributed by atoms with Crippen LogP contribution < -0.4 is 0 Å². The lowest BCUT2D eigenvalue weighted by atomic mass is 9.67. The van der Waals surface area contributed by atoms with Gasteiger partial charge in [-0.3, -0.25) is 14.1 Å². The summed E-state index contributed by atoms with van der Waals surface area (Å²) in [6.07, 6.45) is -12.7. The van der Waals surface area contributed by atoms with Crippen molar-refractivity contribution >= 4 is 22.1 Å². The van der Waals surface area contributed by atoms with Crippen molar-refractivity contribution < 1.29 is 54.4 Å². The zero-order chi connectivity index (χ0) is 31.9. The highest BCUT2D eigenvalue weighted by molar-refractivity contribution is 7.87. The molecule has 7 atom stereocenters. The van der Waals surface area contributed by atoms with Crippen LogP contribution in [0.2, 0.25) is 0 Å². The fraction of sp³-hybridized carbons (Fsp3) is 0.926. The second-order valence-corrected chi connectivity index (χ2v) is 15.4. The topological polar surface area (TPSA) is 118 Å². The molecule has 7 unspecified atom stereocenters. The Labute approximate surface area is 235 Å². The molecule has 0 aliphatic rings. The minimum absolute atomic E-state index is 0.139. The van der Waals surface area contributed by atoms with E-state index in [4.69, 9.17) is 9.84 Å². The van der Waals surface area contributed by atoms with Gasteiger partial charge in [0.05, 0.1) is 13.0 Å². The van der Waals surface area contributed by atoms with Crippen molar-refractivity contribution in [3.63, 3.8) is 0 Å². The minimum atomic E-state index is -5.06. The van der Waals surface area contributed by atoms with Crippen LogP contribution in [0.3, 0.4) is 0 Å². The zero-order valence-corrected chi connectivity index (χ0v) is 25.5. The van der Waals surface area contributed by atoms with Gasteiger partial charge in [-0.05, 0) is 60.2 Å². The van der Waals surface area contributed by atoms with Crippen molar-refractivity contribution in [1.29, 1.82) is 0 Å². The number of aliphatic carboxylic acids is 1. The molecule has 0 rings (SSSR count). The van der Waals surface area contributed by atoms with E-state index in [0.717, 1.165) is 0 Å². The van der Waals surface area contributed by atoms with Gasteiger partial charge in [0.1, 0.15) is 6.17 Å². The molecular weight excluding hydrogens is 563 g/mol. The number of hydrogen-bond acceptors (Lipinski definition) is 5. The summed E-state index contributed by atoms with van der Waals surface area (Å²) < 4.78 is 105. The Morgan fingerprint density at radius 3 is 1.80 bits per heavy atom. The van der Waals surface area contributed by atoms with Crippen molar-refractivity contribution in [2.24, 2.45) is 28.1 Å². The number of alkyl halides is 5. The van der Waals surface area contributed by atoms with E-state index in [0.29, 0.717) is 12.8 Å². The number of carboxylic acids is 1. The summed E-state index contributed by atoms with van der Waals surface area (Å²) in [6.45, 7) is 14.7. The molecule has 0 spiro atoms. The normalized spacial score (nSPS) is 19.3. The SMILES string of the molecule is CC(CC(C)(C)C)C(CCC(C)(CC(F)C(F)C(F)C(F)F)CC(C)(C)C)COC(=O)C(CC(=O)O)S(=O)(=O)O. The molecular formula is C27H47F5O7S. The van der Waals surface area contributed by atoms with Gasteiger partial charge in [-0.1, -0.05) is 55.4 Å². The molecule has 0 saturated carbocycles. The molecule has 0 aliphatic heterocycles. The molecule has 0 amide bonds. The molecule has 0 aliphatic carbocycles. The predicted molar refractivity (Wildman–Crippen MR) is 142 cm³/mol. The highest BCUT2D eigenvalue weighted by atomic mass is 32.2. The van der Waals surface area contributed by atoms with Crippen LogP contribution >= 0.6 is 0 Å². The summed E-state index contributed by atoms with van der Waals surface area (Å²) in [5.74, 6) is -3.65. The van der Waals surface area contributed by atoms with Crippen molar-refractivity contribution in [2.75, 3.05) is 6.61 Å². The largest absolute Gasteiger partial charge is 0.481 e. The molecule has 0 aromatic heterocycles. The van der Waals surface area contributed by atoms with E-state index in [-0.39, 0.29) is 30.8 Å². The average Bonchev–Trinajstić information content (AvgIpc) is 2.72. The van der Waals surface area contributed by atoms with Crippen LogP contribution in [-0.2, 0) is 24.4 Å². The van der Waals surface area contributed by atoms with Crippen LogP contribution in [0, 0.1) is 28.1 Å². The van der Waals surface area contributed by atoms with Crippen LogP contribution in [0.4, 0.5) is 22.0 Å². The van der Waals surface area contributed by atoms with E-state index in [1.54, 1.807) is 6.92 Å². The molecule has 40 heavy (non-hydrogen) atoms. The summed E-state index contributed by atoms with van der Waals surface area (Å²) in [6, 6.07) is 0. The lowest BCUT2D eigenvalue weighted by Crippen LogP contribution is -2.38. The maximum atomic E-state index is 14.8. The third-order valence-electron chi connectivity index (χ3n) is 6.82. The maximum Gasteiger partial charge on any atom is 0.327 e. The van der Waals surface area contributed by atoms with Gasteiger partial charge in [0, 0.05) is 0 Å². The molecule has 0 aromatic carbocycles. The smallest absolute Gasteiger partial charge is 0.327 e. The number of hydrogen-bond donors (Lipinski definition) is 2. The monoisotopic (exact) mass is 610 g/mol. The molecule has 7 nitrogen and oxygen atoms in total. The van der Waals surface area contributed by atoms with E-state index < -0.39 is 81.8 Å². The first-order valence-electron chi connectivity index (χ1n) is 13.3. The third kappa shape index (κ3) is 14.9. The second kappa shape index (κ2) is 15.1. The Morgan fingerprint density at radius 2 is 1.40 bits per heavy atom.